The van der Waals surface area contributed by atoms with Crippen LogP contribution in [-0.4, -0.2) is 10.0 Å². The second-order valence-electron chi connectivity index (χ2n) is 4.18. The van der Waals surface area contributed by atoms with Crippen LogP contribution in [0.15, 0.2) is 39.3 Å². The van der Waals surface area contributed by atoms with Crippen molar-refractivity contribution in [3.63, 3.8) is 0 Å². The van der Waals surface area contributed by atoms with Crippen molar-refractivity contribution >= 4 is 43.2 Å². The fourth-order valence-corrected chi connectivity index (χ4v) is 2.97. The number of benzene rings is 2. The van der Waals surface area contributed by atoms with Crippen LogP contribution in [0.3, 0.4) is 0 Å². The van der Waals surface area contributed by atoms with Crippen molar-refractivity contribution in [2.75, 3.05) is 5.32 Å². The number of anilines is 1. The molecule has 2 rings (SSSR count). The zero-order valence-electron chi connectivity index (χ0n) is 10.4. The lowest BCUT2D eigenvalue weighted by Crippen LogP contribution is -2.01. The molecule has 0 bridgehead atoms. The Hall–Kier alpha value is -1.67. The highest BCUT2D eigenvalue weighted by Gasteiger charge is 2.14. The molecule has 0 radical (unpaired) electrons. The van der Waals surface area contributed by atoms with Crippen LogP contribution in [0.25, 0.3) is 0 Å². The molecule has 0 saturated carbocycles. The molecule has 0 heterocycles. The zero-order valence-corrected chi connectivity index (χ0v) is 13.6. The maximum Gasteiger partial charge on any atom is 0.306 e. The Kier molecular flexibility index (Phi) is 4.79. The summed E-state index contributed by atoms with van der Waals surface area (Å²) in [6.07, 6.45) is 0. The van der Waals surface area contributed by atoms with Crippen molar-refractivity contribution in [3.05, 3.63) is 60.8 Å². The summed E-state index contributed by atoms with van der Waals surface area (Å²) in [6.45, 7) is 0.361. The fourth-order valence-electron chi connectivity index (χ4n) is 1.69. The van der Waals surface area contributed by atoms with Crippen LogP contribution in [0.5, 0.6) is 5.75 Å². The lowest BCUT2D eigenvalue weighted by Gasteiger charge is -2.09. The number of hydrogen-bond acceptors (Lipinski definition) is 4. The number of rotatable bonds is 4. The van der Waals surface area contributed by atoms with E-state index in [2.05, 4.69) is 37.2 Å². The minimum Gasteiger partial charge on any atom is -0.506 e. The van der Waals surface area contributed by atoms with Gasteiger partial charge in [-0.1, -0.05) is 0 Å². The van der Waals surface area contributed by atoms with Gasteiger partial charge in [0.1, 0.15) is 5.75 Å². The molecule has 2 N–H and O–H groups in total. The van der Waals surface area contributed by atoms with Crippen LogP contribution in [0.1, 0.15) is 5.56 Å². The first kappa shape index (κ1) is 15.7. The third-order valence-electron chi connectivity index (χ3n) is 2.72. The lowest BCUT2D eigenvalue weighted by atomic mass is 10.2. The second-order valence-corrected chi connectivity index (χ2v) is 5.89. The third kappa shape index (κ3) is 3.70. The summed E-state index contributed by atoms with van der Waals surface area (Å²) in [5.41, 5.74) is 0.690. The SMILES string of the molecule is O=[N+]([O-])c1cc(NCc2cc(Br)c(O)c(Br)c2)ccc1F. The number of nitro groups is 1. The molecule has 0 aliphatic carbocycles. The molecular formula is C13H9Br2FN2O3. The number of halogens is 3. The number of phenolic OH excluding ortho intramolecular Hbond substituents is 1. The minimum atomic E-state index is -0.874. The number of hydrogen-bond donors (Lipinski definition) is 2. The average Bonchev–Trinajstić information content (AvgIpc) is 2.43. The van der Waals surface area contributed by atoms with E-state index in [-0.39, 0.29) is 5.75 Å². The smallest absolute Gasteiger partial charge is 0.306 e. The van der Waals surface area contributed by atoms with E-state index in [4.69, 9.17) is 0 Å². The van der Waals surface area contributed by atoms with E-state index < -0.39 is 16.4 Å². The van der Waals surface area contributed by atoms with Gasteiger partial charge in [-0.2, -0.15) is 4.39 Å². The van der Waals surface area contributed by atoms with Crippen LogP contribution in [0.2, 0.25) is 0 Å². The van der Waals surface area contributed by atoms with Gasteiger partial charge < -0.3 is 10.4 Å². The van der Waals surface area contributed by atoms with Crippen LogP contribution >= 0.6 is 31.9 Å². The van der Waals surface area contributed by atoms with Gasteiger partial charge in [0, 0.05) is 18.3 Å². The Bertz CT molecular complexity index is 687. The van der Waals surface area contributed by atoms with Crippen molar-refractivity contribution in [3.8, 4) is 5.75 Å². The second kappa shape index (κ2) is 6.40. The molecule has 2 aromatic carbocycles. The number of aromatic hydroxyl groups is 1. The number of nitrogens with one attached hydrogen (secondary N) is 1. The molecule has 21 heavy (non-hydrogen) atoms. The van der Waals surface area contributed by atoms with Gasteiger partial charge in [0.25, 0.3) is 0 Å². The summed E-state index contributed by atoms with van der Waals surface area (Å²) in [5.74, 6) is -0.781. The summed E-state index contributed by atoms with van der Waals surface area (Å²) in [6, 6.07) is 7.03. The topological polar surface area (TPSA) is 75.4 Å². The predicted octanol–water partition coefficient (Wildman–Crippen LogP) is 4.58. The summed E-state index contributed by atoms with van der Waals surface area (Å²) >= 11 is 6.43. The molecule has 0 fully saturated rings. The summed E-state index contributed by atoms with van der Waals surface area (Å²) < 4.78 is 14.3. The molecule has 0 spiro atoms. The van der Waals surface area contributed by atoms with Crippen LogP contribution in [0, 0.1) is 15.9 Å². The number of nitrogens with zero attached hydrogens (tertiary/aromatic N) is 1. The summed E-state index contributed by atoms with van der Waals surface area (Å²) in [4.78, 5) is 9.90. The van der Waals surface area contributed by atoms with Crippen LogP contribution in [-0.2, 0) is 6.54 Å². The Balaban J connectivity index is 2.17. The van der Waals surface area contributed by atoms with E-state index in [1.807, 2.05) is 0 Å². The Morgan fingerprint density at radius 1 is 1.24 bits per heavy atom. The van der Waals surface area contributed by atoms with Crippen molar-refractivity contribution < 1.29 is 14.4 Å². The first-order valence-corrected chi connectivity index (χ1v) is 7.32. The van der Waals surface area contributed by atoms with E-state index in [1.54, 1.807) is 12.1 Å². The quantitative estimate of drug-likeness (QED) is 0.561. The zero-order chi connectivity index (χ0) is 15.6. The van der Waals surface area contributed by atoms with E-state index in [0.717, 1.165) is 17.7 Å². The fraction of sp³-hybridized carbons (Fsp3) is 0.0769. The molecule has 2 aromatic rings. The highest BCUT2D eigenvalue weighted by Crippen LogP contribution is 2.33. The third-order valence-corrected chi connectivity index (χ3v) is 3.93. The van der Waals surface area contributed by atoms with Gasteiger partial charge >= 0.3 is 5.69 Å². The first-order valence-electron chi connectivity index (χ1n) is 5.73. The van der Waals surface area contributed by atoms with E-state index in [1.165, 1.54) is 6.07 Å². The molecule has 0 atom stereocenters. The molecule has 0 unspecified atom stereocenters. The lowest BCUT2D eigenvalue weighted by molar-refractivity contribution is -0.387. The normalized spacial score (nSPS) is 10.4. The number of phenols is 1. The van der Waals surface area contributed by atoms with E-state index in [9.17, 15) is 19.6 Å². The highest BCUT2D eigenvalue weighted by molar-refractivity contribution is 9.11. The van der Waals surface area contributed by atoms with Gasteiger partial charge in [-0.15, -0.1) is 0 Å². The molecule has 0 saturated heterocycles. The summed E-state index contributed by atoms with van der Waals surface area (Å²) in [7, 11) is 0. The summed E-state index contributed by atoms with van der Waals surface area (Å²) in [5, 5.41) is 23.2. The van der Waals surface area contributed by atoms with Gasteiger partial charge in [-0.3, -0.25) is 10.1 Å². The largest absolute Gasteiger partial charge is 0.506 e. The predicted molar refractivity (Wildman–Crippen MR) is 83.9 cm³/mol. The van der Waals surface area contributed by atoms with Crippen molar-refractivity contribution in [2.45, 2.75) is 6.54 Å². The van der Waals surface area contributed by atoms with Gasteiger partial charge in [-0.25, -0.2) is 0 Å². The monoisotopic (exact) mass is 418 g/mol. The average molecular weight is 420 g/mol. The van der Waals surface area contributed by atoms with Gasteiger partial charge in [0.05, 0.1) is 13.9 Å². The maximum absolute atomic E-state index is 13.2. The Morgan fingerprint density at radius 3 is 2.43 bits per heavy atom. The van der Waals surface area contributed by atoms with Crippen molar-refractivity contribution in [1.29, 1.82) is 0 Å². The maximum atomic E-state index is 13.2. The van der Waals surface area contributed by atoms with Crippen LogP contribution < -0.4 is 5.32 Å². The first-order chi connectivity index (χ1) is 9.88. The molecule has 110 valence electrons. The van der Waals surface area contributed by atoms with Crippen LogP contribution in [0.4, 0.5) is 15.8 Å². The molecule has 0 amide bonds. The van der Waals surface area contributed by atoms with E-state index >= 15 is 0 Å². The molecule has 0 aromatic heterocycles. The standard InChI is InChI=1S/C13H9Br2FN2O3/c14-9-3-7(4-10(15)13(9)19)6-17-8-1-2-11(16)12(5-8)18(20)21/h1-5,17,19H,6H2. The molecule has 0 aliphatic heterocycles. The Morgan fingerprint density at radius 2 is 1.86 bits per heavy atom. The molecule has 5 nitrogen and oxygen atoms in total. The highest BCUT2D eigenvalue weighted by atomic mass is 79.9. The minimum absolute atomic E-state index is 0.0937. The van der Waals surface area contributed by atoms with E-state index in [0.29, 0.717) is 21.2 Å². The van der Waals surface area contributed by atoms with Gasteiger partial charge in [0.2, 0.25) is 5.82 Å². The van der Waals surface area contributed by atoms with Crippen molar-refractivity contribution in [2.24, 2.45) is 0 Å². The van der Waals surface area contributed by atoms with Gasteiger partial charge in [-0.05, 0) is 61.7 Å². The Labute approximate surface area is 136 Å². The molecule has 8 heteroatoms. The number of nitro benzene ring substituents is 1. The molecular weight excluding hydrogens is 411 g/mol. The van der Waals surface area contributed by atoms with Gasteiger partial charge in [0.15, 0.2) is 0 Å². The van der Waals surface area contributed by atoms with Crippen molar-refractivity contribution in [1.82, 2.24) is 0 Å². The molecule has 0 aliphatic rings.